The van der Waals surface area contributed by atoms with Crippen molar-refractivity contribution in [3.05, 3.63) is 20.3 Å². The zero-order valence-electron chi connectivity index (χ0n) is 7.42. The molecule has 0 unspecified atom stereocenters. The lowest BCUT2D eigenvalue weighted by atomic mass is 10.2. The van der Waals surface area contributed by atoms with Crippen LogP contribution in [-0.4, -0.2) is 6.54 Å². The second-order valence-corrected chi connectivity index (χ2v) is 5.19. The van der Waals surface area contributed by atoms with E-state index >= 15 is 0 Å². The number of rotatable bonds is 3. The highest BCUT2D eigenvalue weighted by atomic mass is 79.9. The zero-order valence-corrected chi connectivity index (χ0v) is 10.6. The minimum absolute atomic E-state index is 0. The smallest absolute Gasteiger partial charge is 0.0731 e. The van der Waals surface area contributed by atoms with E-state index in [2.05, 4.69) is 28.9 Å². The van der Waals surface area contributed by atoms with Gasteiger partial charge in [0, 0.05) is 10.9 Å². The second kappa shape index (κ2) is 5.98. The summed E-state index contributed by atoms with van der Waals surface area (Å²) in [5.41, 5.74) is 12.6. The van der Waals surface area contributed by atoms with Crippen molar-refractivity contribution < 1.29 is 0 Å². The van der Waals surface area contributed by atoms with E-state index in [1.807, 2.05) is 0 Å². The van der Waals surface area contributed by atoms with Crippen LogP contribution in [0.2, 0.25) is 0 Å². The largest absolute Gasteiger partial charge is 0.330 e. The van der Waals surface area contributed by atoms with Crippen LogP contribution in [-0.2, 0) is 0 Å². The lowest BCUT2D eigenvalue weighted by Crippen LogP contribution is -2.13. The van der Waals surface area contributed by atoms with Gasteiger partial charge in [0.05, 0.1) is 3.79 Å². The van der Waals surface area contributed by atoms with Crippen molar-refractivity contribution in [2.45, 2.75) is 19.4 Å². The molecule has 0 saturated heterocycles. The molecule has 4 N–H and O–H groups in total. The second-order valence-electron chi connectivity index (χ2n) is 2.79. The topological polar surface area (TPSA) is 52.0 Å². The number of halogens is 2. The van der Waals surface area contributed by atoms with Crippen molar-refractivity contribution in [3.8, 4) is 0 Å². The highest BCUT2D eigenvalue weighted by molar-refractivity contribution is 9.11. The molecule has 0 aromatic carbocycles. The summed E-state index contributed by atoms with van der Waals surface area (Å²) in [5, 5.41) is 0. The van der Waals surface area contributed by atoms with E-state index < -0.39 is 0 Å². The molecule has 0 aliphatic rings. The quantitative estimate of drug-likeness (QED) is 0.897. The van der Waals surface area contributed by atoms with Crippen molar-refractivity contribution in [2.75, 3.05) is 6.54 Å². The normalized spacial score (nSPS) is 12.3. The average molecular weight is 286 g/mol. The molecule has 1 heterocycles. The minimum Gasteiger partial charge on any atom is -0.330 e. The van der Waals surface area contributed by atoms with Crippen LogP contribution in [0.1, 0.15) is 22.9 Å². The van der Waals surface area contributed by atoms with Crippen LogP contribution in [0.15, 0.2) is 9.85 Å². The van der Waals surface area contributed by atoms with Gasteiger partial charge in [-0.15, -0.1) is 23.7 Å². The molecule has 13 heavy (non-hydrogen) atoms. The predicted molar refractivity (Wildman–Crippen MR) is 64.6 cm³/mol. The van der Waals surface area contributed by atoms with Gasteiger partial charge >= 0.3 is 0 Å². The van der Waals surface area contributed by atoms with Gasteiger partial charge < -0.3 is 11.5 Å². The molecule has 0 fully saturated rings. The Morgan fingerprint density at radius 1 is 1.62 bits per heavy atom. The Morgan fingerprint density at radius 2 is 2.23 bits per heavy atom. The van der Waals surface area contributed by atoms with E-state index in [9.17, 15) is 0 Å². The van der Waals surface area contributed by atoms with Crippen molar-refractivity contribution >= 4 is 39.7 Å². The van der Waals surface area contributed by atoms with Gasteiger partial charge in [0.2, 0.25) is 0 Å². The first-order chi connectivity index (χ1) is 5.65. The number of aryl methyl sites for hydroxylation is 1. The summed E-state index contributed by atoms with van der Waals surface area (Å²) in [6, 6.07) is 2.22. The summed E-state index contributed by atoms with van der Waals surface area (Å²) in [5.74, 6) is 0. The number of hydrogen-bond donors (Lipinski definition) is 2. The lowest BCUT2D eigenvalue weighted by Gasteiger charge is -2.05. The zero-order chi connectivity index (χ0) is 9.14. The minimum atomic E-state index is 0. The molecule has 0 bridgehead atoms. The monoisotopic (exact) mass is 284 g/mol. The van der Waals surface area contributed by atoms with E-state index in [-0.39, 0.29) is 18.4 Å². The van der Waals surface area contributed by atoms with Crippen LogP contribution in [0.25, 0.3) is 0 Å². The number of hydrogen-bond acceptors (Lipinski definition) is 3. The maximum atomic E-state index is 5.90. The molecular weight excluding hydrogens is 272 g/mol. The van der Waals surface area contributed by atoms with E-state index in [1.54, 1.807) is 11.3 Å². The fraction of sp³-hybridized carbons (Fsp3) is 0.500. The maximum absolute atomic E-state index is 5.90. The van der Waals surface area contributed by atoms with Crippen LogP contribution in [0.3, 0.4) is 0 Å². The fourth-order valence-corrected chi connectivity index (χ4v) is 2.60. The lowest BCUT2D eigenvalue weighted by molar-refractivity contribution is 0.672. The molecule has 76 valence electrons. The van der Waals surface area contributed by atoms with Gasteiger partial charge in [-0.2, -0.15) is 0 Å². The number of thiophene rings is 1. The molecule has 0 aliphatic carbocycles. The Balaban J connectivity index is 0.00000144. The first-order valence-corrected chi connectivity index (χ1v) is 5.47. The summed E-state index contributed by atoms with van der Waals surface area (Å²) in [4.78, 5) is 1.21. The van der Waals surface area contributed by atoms with E-state index in [0.29, 0.717) is 6.54 Å². The van der Waals surface area contributed by atoms with Crippen LogP contribution in [0, 0.1) is 6.92 Å². The number of nitrogens with two attached hydrogens (primary N) is 2. The Kier molecular flexibility index (Phi) is 6.16. The van der Waals surface area contributed by atoms with Crippen molar-refractivity contribution in [2.24, 2.45) is 11.5 Å². The third-order valence-electron chi connectivity index (χ3n) is 1.72. The molecule has 0 amide bonds. The van der Waals surface area contributed by atoms with E-state index in [4.69, 9.17) is 11.5 Å². The van der Waals surface area contributed by atoms with Crippen molar-refractivity contribution in [3.63, 3.8) is 0 Å². The van der Waals surface area contributed by atoms with Gasteiger partial charge in [-0.1, -0.05) is 0 Å². The van der Waals surface area contributed by atoms with Gasteiger partial charge in [-0.05, 0) is 47.4 Å². The summed E-state index contributed by atoms with van der Waals surface area (Å²) in [7, 11) is 0. The molecule has 1 rings (SSSR count). The summed E-state index contributed by atoms with van der Waals surface area (Å²) < 4.78 is 1.17. The molecule has 1 aromatic heterocycles. The molecule has 5 heteroatoms. The Bertz CT molecular complexity index is 245. The highest BCUT2D eigenvalue weighted by Crippen LogP contribution is 2.31. The first kappa shape index (κ1) is 13.4. The molecular formula is C8H14BrClN2S. The van der Waals surface area contributed by atoms with Crippen molar-refractivity contribution in [1.82, 2.24) is 0 Å². The van der Waals surface area contributed by atoms with Crippen LogP contribution < -0.4 is 11.5 Å². The van der Waals surface area contributed by atoms with Crippen molar-refractivity contribution in [1.29, 1.82) is 0 Å². The highest BCUT2D eigenvalue weighted by Gasteiger charge is 2.09. The van der Waals surface area contributed by atoms with Crippen LogP contribution in [0.4, 0.5) is 0 Å². The van der Waals surface area contributed by atoms with E-state index in [0.717, 1.165) is 6.42 Å². The molecule has 2 nitrogen and oxygen atoms in total. The van der Waals surface area contributed by atoms with Gasteiger partial charge in [-0.3, -0.25) is 0 Å². The average Bonchev–Trinajstić information content (AvgIpc) is 2.33. The first-order valence-electron chi connectivity index (χ1n) is 3.86. The van der Waals surface area contributed by atoms with Gasteiger partial charge in [0.15, 0.2) is 0 Å². The summed E-state index contributed by atoms with van der Waals surface area (Å²) >= 11 is 5.17. The third-order valence-corrected chi connectivity index (χ3v) is 3.99. The van der Waals surface area contributed by atoms with E-state index in [1.165, 1.54) is 14.2 Å². The molecule has 0 spiro atoms. The fourth-order valence-electron chi connectivity index (χ4n) is 0.988. The van der Waals surface area contributed by atoms with Gasteiger partial charge in [0.1, 0.15) is 0 Å². The standard InChI is InChI=1S/C8H13BrN2S.ClH/c1-5-4-7(12-8(5)9)6(11)2-3-10;/h4,6H,2-3,10-11H2,1H3;1H/t6-;/m0./s1. The summed E-state index contributed by atoms with van der Waals surface area (Å²) in [6.07, 6.45) is 0.854. The molecule has 1 aromatic rings. The Hall–Kier alpha value is 0.390. The summed E-state index contributed by atoms with van der Waals surface area (Å²) in [6.45, 7) is 2.72. The maximum Gasteiger partial charge on any atom is 0.0731 e. The molecule has 0 saturated carbocycles. The van der Waals surface area contributed by atoms with Gasteiger partial charge in [0.25, 0.3) is 0 Å². The third kappa shape index (κ3) is 3.56. The van der Waals surface area contributed by atoms with Crippen LogP contribution in [0.5, 0.6) is 0 Å². The Labute approximate surface area is 97.2 Å². The molecule has 0 radical (unpaired) electrons. The van der Waals surface area contributed by atoms with Gasteiger partial charge in [-0.25, -0.2) is 0 Å². The SMILES string of the molecule is Cc1cc([C@@H](N)CCN)sc1Br.Cl. The van der Waals surface area contributed by atoms with Crippen LogP contribution >= 0.6 is 39.7 Å². The molecule has 1 atom stereocenters. The predicted octanol–water partition coefficient (Wildman–Crippen LogP) is 2.59. The Morgan fingerprint density at radius 3 is 2.62 bits per heavy atom. The molecule has 0 aliphatic heterocycles.